The van der Waals surface area contributed by atoms with E-state index < -0.39 is 11.9 Å². The predicted molar refractivity (Wildman–Crippen MR) is 176 cm³/mol. The van der Waals surface area contributed by atoms with Crippen LogP contribution < -0.4 is 0 Å². The van der Waals surface area contributed by atoms with Gasteiger partial charge in [0.25, 0.3) is 0 Å². The minimum atomic E-state index is -0.673. The summed E-state index contributed by atoms with van der Waals surface area (Å²) in [5.74, 6) is -1.35. The molecule has 0 amide bonds. The average molecular weight is 575 g/mol. The Kier molecular flexibility index (Phi) is 16.1. The molecule has 230 valence electrons. The molecule has 0 heterocycles. The fourth-order valence-corrected chi connectivity index (χ4v) is 6.21. The molecule has 0 unspecified atom stereocenters. The first kappa shape index (κ1) is 33.6. The number of rotatable bonds is 24. The Balaban J connectivity index is 1.42. The summed E-state index contributed by atoms with van der Waals surface area (Å²) >= 11 is 0. The van der Waals surface area contributed by atoms with Gasteiger partial charge >= 0.3 is 11.9 Å². The normalized spacial score (nSPS) is 11.4. The number of aliphatic carboxylic acids is 2. The van der Waals surface area contributed by atoms with Crippen molar-refractivity contribution < 1.29 is 19.8 Å². The van der Waals surface area contributed by atoms with E-state index in [1.807, 2.05) is 0 Å². The summed E-state index contributed by atoms with van der Waals surface area (Å²) < 4.78 is 0. The van der Waals surface area contributed by atoms with Crippen molar-refractivity contribution in [3.05, 3.63) is 59.7 Å². The van der Waals surface area contributed by atoms with Gasteiger partial charge in [-0.3, -0.25) is 9.59 Å². The third kappa shape index (κ3) is 13.4. The Morgan fingerprint density at radius 3 is 1.05 bits per heavy atom. The summed E-state index contributed by atoms with van der Waals surface area (Å²) in [7, 11) is 0. The summed E-state index contributed by atoms with van der Waals surface area (Å²) in [6.07, 6.45) is 24.2. The number of carboxylic acids is 2. The number of fused-ring (bicyclic) bond motifs is 2. The first-order valence-corrected chi connectivity index (χ1v) is 16.9. The van der Waals surface area contributed by atoms with E-state index in [1.54, 1.807) is 0 Å². The van der Waals surface area contributed by atoms with E-state index in [0.29, 0.717) is 12.8 Å². The van der Waals surface area contributed by atoms with E-state index in [0.717, 1.165) is 51.4 Å². The van der Waals surface area contributed by atoms with Crippen molar-refractivity contribution in [1.82, 2.24) is 0 Å². The van der Waals surface area contributed by atoms with Crippen LogP contribution in [0.5, 0.6) is 0 Å². The van der Waals surface area contributed by atoms with E-state index in [4.69, 9.17) is 10.2 Å². The van der Waals surface area contributed by atoms with Gasteiger partial charge in [-0.25, -0.2) is 0 Å². The molecular formula is C38H54O4. The van der Waals surface area contributed by atoms with Crippen molar-refractivity contribution in [3.63, 3.8) is 0 Å². The van der Waals surface area contributed by atoms with Crippen molar-refractivity contribution in [3.8, 4) is 0 Å². The average Bonchev–Trinajstić information content (AvgIpc) is 2.97. The zero-order valence-electron chi connectivity index (χ0n) is 25.9. The summed E-state index contributed by atoms with van der Waals surface area (Å²) in [4.78, 5) is 21.2. The third-order valence-electron chi connectivity index (χ3n) is 8.70. The molecule has 0 fully saturated rings. The molecule has 42 heavy (non-hydrogen) atoms. The molecule has 0 aliphatic rings. The van der Waals surface area contributed by atoms with Gasteiger partial charge in [-0.1, -0.05) is 126 Å². The highest BCUT2D eigenvalue weighted by Crippen LogP contribution is 2.28. The zero-order chi connectivity index (χ0) is 29.8. The smallest absolute Gasteiger partial charge is 0.303 e. The van der Waals surface area contributed by atoms with E-state index in [2.05, 4.69) is 48.5 Å². The maximum Gasteiger partial charge on any atom is 0.303 e. The second-order valence-corrected chi connectivity index (χ2v) is 12.3. The van der Waals surface area contributed by atoms with Crippen LogP contribution in [0.25, 0.3) is 21.5 Å². The van der Waals surface area contributed by atoms with E-state index in [1.165, 1.54) is 110 Å². The number of hydrogen-bond donors (Lipinski definition) is 2. The summed E-state index contributed by atoms with van der Waals surface area (Å²) in [5, 5.41) is 22.8. The minimum absolute atomic E-state index is 0.311. The molecule has 0 saturated carbocycles. The summed E-state index contributed by atoms with van der Waals surface area (Å²) in [6, 6.07) is 18.3. The van der Waals surface area contributed by atoms with Crippen molar-refractivity contribution in [2.45, 2.75) is 141 Å². The molecule has 3 aromatic rings. The van der Waals surface area contributed by atoms with Gasteiger partial charge < -0.3 is 10.2 Å². The molecule has 2 N–H and O–H groups in total. The molecule has 0 spiro atoms. The van der Waals surface area contributed by atoms with Crippen LogP contribution in [-0.2, 0) is 22.4 Å². The molecule has 4 nitrogen and oxygen atoms in total. The molecule has 0 atom stereocenters. The highest BCUT2D eigenvalue weighted by molar-refractivity contribution is 5.98. The largest absolute Gasteiger partial charge is 0.481 e. The molecule has 0 aliphatic carbocycles. The van der Waals surface area contributed by atoms with Gasteiger partial charge in [0.1, 0.15) is 0 Å². The highest BCUT2D eigenvalue weighted by atomic mass is 16.4. The monoisotopic (exact) mass is 574 g/mol. The maximum absolute atomic E-state index is 10.6. The first-order valence-electron chi connectivity index (χ1n) is 16.9. The SMILES string of the molecule is O=C(O)CCCCCCCCCCCc1cc2cc3ccccc3cc2cc1CCCCCCCCCCCC(=O)O. The van der Waals surface area contributed by atoms with E-state index in [-0.39, 0.29) is 0 Å². The first-order chi connectivity index (χ1) is 20.5. The standard InChI is InChI=1S/C38H54O4/c39-37(40)25-17-13-9-5-1-3-7-11-15-21-31-27-35-29-33-23-19-20-24-34(33)30-36(35)28-32(31)22-16-12-8-4-2-6-10-14-18-26-38(41)42/h19-20,23-24,27-30H,1-18,21-22,25-26H2,(H,39,40)(H,41,42). The lowest BCUT2D eigenvalue weighted by Gasteiger charge is -2.13. The minimum Gasteiger partial charge on any atom is -0.481 e. The topological polar surface area (TPSA) is 74.6 Å². The number of unbranched alkanes of at least 4 members (excludes halogenated alkanes) is 16. The molecule has 0 bridgehead atoms. The Bertz CT molecular complexity index is 1120. The molecule has 3 aromatic carbocycles. The third-order valence-corrected chi connectivity index (χ3v) is 8.70. The van der Waals surface area contributed by atoms with Crippen LogP contribution in [-0.4, -0.2) is 22.2 Å². The zero-order valence-corrected chi connectivity index (χ0v) is 25.9. The number of carboxylic acid groups (broad SMARTS) is 2. The van der Waals surface area contributed by atoms with Crippen molar-refractivity contribution in [2.24, 2.45) is 0 Å². The molecule has 3 rings (SSSR count). The Morgan fingerprint density at radius 2 is 0.714 bits per heavy atom. The van der Waals surface area contributed by atoms with Crippen LogP contribution in [0.4, 0.5) is 0 Å². The second-order valence-electron chi connectivity index (χ2n) is 12.3. The second kappa shape index (κ2) is 20.1. The fraction of sp³-hybridized carbons (Fsp3) is 0.579. The lowest BCUT2D eigenvalue weighted by Crippen LogP contribution is -1.97. The Labute approximate surface area is 253 Å². The van der Waals surface area contributed by atoms with Crippen LogP contribution in [0, 0.1) is 0 Å². The van der Waals surface area contributed by atoms with Gasteiger partial charge in [0.15, 0.2) is 0 Å². The van der Waals surface area contributed by atoms with Crippen LogP contribution in [0.2, 0.25) is 0 Å². The van der Waals surface area contributed by atoms with Gasteiger partial charge in [-0.15, -0.1) is 0 Å². The van der Waals surface area contributed by atoms with Crippen molar-refractivity contribution in [2.75, 3.05) is 0 Å². The van der Waals surface area contributed by atoms with Crippen LogP contribution in [0.15, 0.2) is 48.5 Å². The van der Waals surface area contributed by atoms with E-state index >= 15 is 0 Å². The predicted octanol–water partition coefficient (Wildman–Crippen LogP) is 11.0. The number of carbonyl (C=O) groups is 2. The highest BCUT2D eigenvalue weighted by Gasteiger charge is 2.08. The lowest BCUT2D eigenvalue weighted by atomic mass is 9.92. The molecular weight excluding hydrogens is 520 g/mol. The van der Waals surface area contributed by atoms with Crippen LogP contribution in [0.3, 0.4) is 0 Å². The lowest BCUT2D eigenvalue weighted by molar-refractivity contribution is -0.138. The number of hydrogen-bond acceptors (Lipinski definition) is 2. The maximum atomic E-state index is 10.6. The number of aryl methyl sites for hydroxylation is 2. The molecule has 4 heteroatoms. The van der Waals surface area contributed by atoms with Crippen molar-refractivity contribution >= 4 is 33.5 Å². The van der Waals surface area contributed by atoms with Gasteiger partial charge in [0.05, 0.1) is 0 Å². The van der Waals surface area contributed by atoms with Gasteiger partial charge in [0.2, 0.25) is 0 Å². The quantitative estimate of drug-likeness (QED) is 0.0824. The summed E-state index contributed by atoms with van der Waals surface area (Å²) in [6.45, 7) is 0. The molecule has 0 saturated heterocycles. The van der Waals surface area contributed by atoms with Crippen LogP contribution in [0.1, 0.15) is 140 Å². The Morgan fingerprint density at radius 1 is 0.405 bits per heavy atom. The molecule has 0 aromatic heterocycles. The van der Waals surface area contributed by atoms with Gasteiger partial charge in [-0.05, 0) is 83.3 Å². The van der Waals surface area contributed by atoms with Crippen molar-refractivity contribution in [1.29, 1.82) is 0 Å². The van der Waals surface area contributed by atoms with E-state index in [9.17, 15) is 9.59 Å². The van der Waals surface area contributed by atoms with Gasteiger partial charge in [-0.2, -0.15) is 0 Å². The summed E-state index contributed by atoms with van der Waals surface area (Å²) in [5.41, 5.74) is 3.08. The fourth-order valence-electron chi connectivity index (χ4n) is 6.21. The van der Waals surface area contributed by atoms with Crippen LogP contribution >= 0.6 is 0 Å². The molecule has 0 aliphatic heterocycles. The Hall–Kier alpha value is -2.88. The molecule has 0 radical (unpaired) electrons. The van der Waals surface area contributed by atoms with Gasteiger partial charge in [0, 0.05) is 12.8 Å². The number of benzene rings is 3.